The van der Waals surface area contributed by atoms with E-state index in [-0.39, 0.29) is 29.4 Å². The minimum atomic E-state index is -3.74. The first-order valence-corrected chi connectivity index (χ1v) is 11.4. The molecule has 2 aliphatic rings. The molecule has 0 aliphatic carbocycles. The van der Waals surface area contributed by atoms with E-state index in [1.807, 2.05) is 0 Å². The molecule has 2 aliphatic heterocycles. The van der Waals surface area contributed by atoms with Crippen molar-refractivity contribution < 1.29 is 22.7 Å². The van der Waals surface area contributed by atoms with Crippen molar-refractivity contribution in [3.63, 3.8) is 0 Å². The van der Waals surface area contributed by atoms with Crippen LogP contribution in [0.4, 0.5) is 0 Å². The maximum absolute atomic E-state index is 12.6. The number of hydrogen-bond donors (Lipinski definition) is 0. The summed E-state index contributed by atoms with van der Waals surface area (Å²) in [5, 5.41) is 0. The normalized spacial score (nSPS) is 20.6. The first-order valence-electron chi connectivity index (χ1n) is 9.19. The molecule has 2 fully saturated rings. The highest BCUT2D eigenvalue weighted by Crippen LogP contribution is 2.19. The Morgan fingerprint density at radius 3 is 2.32 bits per heavy atom. The van der Waals surface area contributed by atoms with Crippen molar-refractivity contribution in [1.29, 1.82) is 0 Å². The third-order valence-corrected chi connectivity index (χ3v) is 7.38. The van der Waals surface area contributed by atoms with Crippen LogP contribution < -0.4 is 0 Å². The topological polar surface area (TPSA) is 87.2 Å². The van der Waals surface area contributed by atoms with Gasteiger partial charge in [-0.2, -0.15) is 4.31 Å². The van der Waals surface area contributed by atoms with Gasteiger partial charge in [-0.15, -0.1) is 0 Å². The number of piperazine rings is 1. The lowest BCUT2D eigenvalue weighted by Crippen LogP contribution is -2.54. The van der Waals surface area contributed by atoms with Crippen LogP contribution in [0, 0.1) is 0 Å². The number of carbonyl (C=O) groups is 2. The van der Waals surface area contributed by atoms with Gasteiger partial charge in [0.05, 0.1) is 11.4 Å². The summed E-state index contributed by atoms with van der Waals surface area (Å²) in [5.41, 5.74) is 0. The summed E-state index contributed by atoms with van der Waals surface area (Å²) in [7, 11) is -2.35. The second-order valence-corrected chi connectivity index (χ2v) is 9.88. The summed E-state index contributed by atoms with van der Waals surface area (Å²) in [4.78, 5) is 28.4. The van der Waals surface area contributed by atoms with E-state index in [2.05, 4.69) is 15.9 Å². The maximum atomic E-state index is 12.6. The van der Waals surface area contributed by atoms with E-state index in [4.69, 9.17) is 4.74 Å². The molecule has 1 unspecified atom stereocenters. The first kappa shape index (κ1) is 21.2. The van der Waals surface area contributed by atoms with Crippen molar-refractivity contribution in [2.24, 2.45) is 0 Å². The summed E-state index contributed by atoms with van der Waals surface area (Å²) in [6.07, 6.45) is 1.29. The molecule has 1 atom stereocenters. The predicted octanol–water partition coefficient (Wildman–Crippen LogP) is 0.919. The number of likely N-dealkylation sites (N-methyl/N-ethyl adjacent to an activating group) is 1. The predicted molar refractivity (Wildman–Crippen MR) is 106 cm³/mol. The number of ether oxygens (including phenoxy) is 1. The van der Waals surface area contributed by atoms with Crippen LogP contribution in [0.1, 0.15) is 12.8 Å². The standard InChI is InChI=1S/C18H24BrN3O5S/c1-20(28(25,26)15-6-4-14(19)5-7-15)13-17(23)21-8-10-22(11-9-21)18(24)16-3-2-12-27-16/h4-7,16H,2-3,8-13H2,1H3. The van der Waals surface area contributed by atoms with Crippen LogP contribution in [0.5, 0.6) is 0 Å². The van der Waals surface area contributed by atoms with Crippen LogP contribution in [-0.2, 0) is 24.3 Å². The lowest BCUT2D eigenvalue weighted by atomic mass is 10.2. The van der Waals surface area contributed by atoms with Crippen LogP contribution in [0.2, 0.25) is 0 Å². The van der Waals surface area contributed by atoms with Gasteiger partial charge >= 0.3 is 0 Å². The highest BCUT2D eigenvalue weighted by atomic mass is 79.9. The number of benzene rings is 1. The summed E-state index contributed by atoms with van der Waals surface area (Å²) >= 11 is 3.27. The van der Waals surface area contributed by atoms with Gasteiger partial charge in [0.1, 0.15) is 6.10 Å². The number of carbonyl (C=O) groups excluding carboxylic acids is 2. The molecule has 3 rings (SSSR count). The fourth-order valence-corrected chi connectivity index (χ4v) is 4.70. The van der Waals surface area contributed by atoms with Crippen molar-refractivity contribution >= 4 is 37.8 Å². The Morgan fingerprint density at radius 1 is 1.14 bits per heavy atom. The van der Waals surface area contributed by atoms with E-state index in [1.54, 1.807) is 21.9 Å². The van der Waals surface area contributed by atoms with Crippen molar-refractivity contribution in [3.05, 3.63) is 28.7 Å². The molecule has 0 saturated carbocycles. The Hall–Kier alpha value is -1.49. The average molecular weight is 474 g/mol. The van der Waals surface area contributed by atoms with E-state index in [0.29, 0.717) is 32.8 Å². The van der Waals surface area contributed by atoms with Crippen molar-refractivity contribution in [1.82, 2.24) is 14.1 Å². The molecular formula is C18H24BrN3O5S. The highest BCUT2D eigenvalue weighted by molar-refractivity contribution is 9.10. The molecule has 2 heterocycles. The van der Waals surface area contributed by atoms with E-state index in [1.165, 1.54) is 19.2 Å². The molecule has 28 heavy (non-hydrogen) atoms. The van der Waals surface area contributed by atoms with Gasteiger partial charge in [-0.1, -0.05) is 15.9 Å². The number of halogens is 1. The van der Waals surface area contributed by atoms with Gasteiger partial charge < -0.3 is 14.5 Å². The lowest BCUT2D eigenvalue weighted by molar-refractivity contribution is -0.146. The fraction of sp³-hybridized carbons (Fsp3) is 0.556. The molecular weight excluding hydrogens is 450 g/mol. The molecule has 0 aromatic heterocycles. The molecule has 8 nitrogen and oxygen atoms in total. The number of sulfonamides is 1. The number of amides is 2. The summed E-state index contributed by atoms with van der Waals surface area (Å²) < 4.78 is 32.5. The number of rotatable bonds is 5. The van der Waals surface area contributed by atoms with E-state index < -0.39 is 10.0 Å². The smallest absolute Gasteiger partial charge is 0.251 e. The molecule has 0 spiro atoms. The zero-order chi connectivity index (χ0) is 20.3. The quantitative estimate of drug-likeness (QED) is 0.634. The van der Waals surface area contributed by atoms with E-state index in [9.17, 15) is 18.0 Å². The van der Waals surface area contributed by atoms with Gasteiger partial charge in [-0.25, -0.2) is 8.42 Å². The minimum Gasteiger partial charge on any atom is -0.368 e. The molecule has 0 bridgehead atoms. The summed E-state index contributed by atoms with van der Waals surface area (Å²) in [5.74, 6) is -0.285. The molecule has 2 amide bonds. The Labute approximate surface area is 173 Å². The molecule has 1 aromatic rings. The van der Waals surface area contributed by atoms with Crippen LogP contribution in [0.15, 0.2) is 33.6 Å². The molecule has 0 N–H and O–H groups in total. The zero-order valence-corrected chi connectivity index (χ0v) is 18.1. The van der Waals surface area contributed by atoms with Crippen molar-refractivity contribution in [3.8, 4) is 0 Å². The monoisotopic (exact) mass is 473 g/mol. The Balaban J connectivity index is 1.53. The van der Waals surface area contributed by atoms with Gasteiger partial charge in [0, 0.05) is 44.3 Å². The molecule has 2 saturated heterocycles. The third kappa shape index (κ3) is 4.73. The van der Waals surface area contributed by atoms with Gasteiger partial charge in [0.15, 0.2) is 0 Å². The Morgan fingerprint density at radius 2 is 1.75 bits per heavy atom. The number of hydrogen-bond acceptors (Lipinski definition) is 5. The molecule has 154 valence electrons. The fourth-order valence-electron chi connectivity index (χ4n) is 3.31. The third-order valence-electron chi connectivity index (χ3n) is 5.03. The SMILES string of the molecule is CN(CC(=O)N1CCN(C(=O)C2CCCO2)CC1)S(=O)(=O)c1ccc(Br)cc1. The second kappa shape index (κ2) is 8.89. The zero-order valence-electron chi connectivity index (χ0n) is 15.7. The van der Waals surface area contributed by atoms with Crippen LogP contribution in [-0.4, -0.2) is 86.8 Å². The van der Waals surface area contributed by atoms with Gasteiger partial charge in [-0.05, 0) is 37.1 Å². The maximum Gasteiger partial charge on any atom is 0.251 e. The largest absolute Gasteiger partial charge is 0.368 e. The summed E-state index contributed by atoms with van der Waals surface area (Å²) in [6, 6.07) is 6.28. The molecule has 0 radical (unpaired) electrons. The molecule has 10 heteroatoms. The van der Waals surface area contributed by atoms with Gasteiger partial charge in [-0.3, -0.25) is 9.59 Å². The minimum absolute atomic E-state index is 0.0143. The highest BCUT2D eigenvalue weighted by Gasteiger charge is 2.32. The average Bonchev–Trinajstić information content (AvgIpc) is 3.22. The Kier molecular flexibility index (Phi) is 6.74. The van der Waals surface area contributed by atoms with Crippen molar-refractivity contribution in [2.75, 3.05) is 46.4 Å². The van der Waals surface area contributed by atoms with Crippen LogP contribution >= 0.6 is 15.9 Å². The van der Waals surface area contributed by atoms with Gasteiger partial charge in [0.25, 0.3) is 5.91 Å². The molecule has 1 aromatic carbocycles. The lowest BCUT2D eigenvalue weighted by Gasteiger charge is -2.36. The summed E-state index contributed by atoms with van der Waals surface area (Å²) in [6.45, 7) is 2.04. The second-order valence-electron chi connectivity index (χ2n) is 6.92. The van der Waals surface area contributed by atoms with Crippen LogP contribution in [0.3, 0.4) is 0 Å². The Bertz CT molecular complexity index is 816. The van der Waals surface area contributed by atoms with Gasteiger partial charge in [0.2, 0.25) is 15.9 Å². The first-order chi connectivity index (χ1) is 13.3. The van der Waals surface area contributed by atoms with Crippen molar-refractivity contribution in [2.45, 2.75) is 23.8 Å². The van der Waals surface area contributed by atoms with E-state index >= 15 is 0 Å². The van der Waals surface area contributed by atoms with Crippen LogP contribution in [0.25, 0.3) is 0 Å². The van der Waals surface area contributed by atoms with E-state index in [0.717, 1.165) is 21.6 Å². The number of nitrogens with zero attached hydrogens (tertiary/aromatic N) is 3.